The summed E-state index contributed by atoms with van der Waals surface area (Å²) in [5, 5.41) is 2.24. The fourth-order valence-corrected chi connectivity index (χ4v) is 5.79. The summed E-state index contributed by atoms with van der Waals surface area (Å²) in [5.41, 5.74) is 6.01. The van der Waals surface area contributed by atoms with Gasteiger partial charge in [0.05, 0.1) is 0 Å². The van der Waals surface area contributed by atoms with Crippen molar-refractivity contribution < 1.29 is 25.8 Å². The van der Waals surface area contributed by atoms with Gasteiger partial charge in [-0.05, 0) is 53.5 Å². The Morgan fingerprint density at radius 2 is 1.59 bits per heavy atom. The van der Waals surface area contributed by atoms with Crippen molar-refractivity contribution in [1.82, 2.24) is 19.1 Å². The summed E-state index contributed by atoms with van der Waals surface area (Å²) in [6.45, 7) is 8.68. The largest absolute Gasteiger partial charge is 0.509 e. The maximum absolute atomic E-state index is 6.58. The summed E-state index contributed by atoms with van der Waals surface area (Å²) in [6, 6.07) is 38.1. The first-order chi connectivity index (χ1) is 20.9. The predicted octanol–water partition coefficient (Wildman–Crippen LogP) is 8.85. The van der Waals surface area contributed by atoms with E-state index in [0.29, 0.717) is 11.5 Å². The van der Waals surface area contributed by atoms with Crippen LogP contribution in [0.4, 0.5) is 11.4 Å². The van der Waals surface area contributed by atoms with Crippen LogP contribution in [-0.4, -0.2) is 19.1 Å². The van der Waals surface area contributed by atoms with Gasteiger partial charge in [0.1, 0.15) is 5.82 Å². The molecular formula is C37H28N5OPt-3. The predicted molar refractivity (Wildman–Crippen MR) is 171 cm³/mol. The van der Waals surface area contributed by atoms with Crippen LogP contribution in [0.15, 0.2) is 110 Å². The SMILES string of the molecule is CC(C)(C)c1cc(Oc2[c-]c3c(cc2)c2ccccc2n3-c2ccccn2)[c-]c(N2[CH-]n3ccnc3-c3ccccc32)c1.[Pt]. The maximum Gasteiger partial charge on any atom is 0.135 e. The number of hydrogen-bond donors (Lipinski definition) is 0. The first-order valence-electron chi connectivity index (χ1n) is 14.3. The molecule has 1 aliphatic heterocycles. The molecule has 7 aromatic rings. The third-order valence-corrected chi connectivity index (χ3v) is 7.92. The Morgan fingerprint density at radius 1 is 0.773 bits per heavy atom. The van der Waals surface area contributed by atoms with Crippen molar-refractivity contribution in [3.8, 4) is 28.7 Å². The van der Waals surface area contributed by atoms with Crippen LogP contribution in [0, 0.1) is 18.8 Å². The van der Waals surface area contributed by atoms with E-state index in [1.165, 1.54) is 0 Å². The van der Waals surface area contributed by atoms with Crippen LogP contribution >= 0.6 is 0 Å². The number of imidazole rings is 1. The van der Waals surface area contributed by atoms with Gasteiger partial charge in [-0.1, -0.05) is 80.6 Å². The summed E-state index contributed by atoms with van der Waals surface area (Å²) < 4.78 is 10.8. The number of hydrogen-bond acceptors (Lipinski definition) is 4. The number of anilines is 2. The Hall–Kier alpha value is -4.80. The molecule has 7 heteroatoms. The number of aromatic nitrogens is 4. The van der Waals surface area contributed by atoms with Gasteiger partial charge in [0.25, 0.3) is 0 Å². The second kappa shape index (κ2) is 10.7. The summed E-state index contributed by atoms with van der Waals surface area (Å²) in [5.74, 6) is 2.99. The van der Waals surface area contributed by atoms with Gasteiger partial charge in [-0.3, -0.25) is 0 Å². The quantitative estimate of drug-likeness (QED) is 0.169. The molecule has 8 rings (SSSR count). The van der Waals surface area contributed by atoms with E-state index in [9.17, 15) is 0 Å². The average molecular weight is 754 g/mol. The first-order valence-corrected chi connectivity index (χ1v) is 14.3. The average Bonchev–Trinajstić information content (AvgIpc) is 3.63. The molecule has 0 amide bonds. The van der Waals surface area contributed by atoms with Crippen molar-refractivity contribution in [3.63, 3.8) is 0 Å². The van der Waals surface area contributed by atoms with Crippen molar-refractivity contribution in [2.75, 3.05) is 4.90 Å². The zero-order chi connectivity index (χ0) is 29.1. The van der Waals surface area contributed by atoms with Crippen molar-refractivity contribution in [2.45, 2.75) is 26.2 Å². The van der Waals surface area contributed by atoms with E-state index in [4.69, 9.17) is 4.74 Å². The van der Waals surface area contributed by atoms with Crippen LogP contribution in [0.1, 0.15) is 26.3 Å². The van der Waals surface area contributed by atoms with E-state index in [1.54, 1.807) is 0 Å². The summed E-state index contributed by atoms with van der Waals surface area (Å²) >= 11 is 0. The van der Waals surface area contributed by atoms with Crippen LogP contribution in [0.5, 0.6) is 11.5 Å². The number of para-hydroxylation sites is 2. The van der Waals surface area contributed by atoms with Gasteiger partial charge >= 0.3 is 0 Å². The van der Waals surface area contributed by atoms with Gasteiger partial charge in [0.2, 0.25) is 0 Å². The molecule has 0 N–H and O–H groups in total. The number of rotatable bonds is 4. The van der Waals surface area contributed by atoms with E-state index >= 15 is 0 Å². The second-order valence-electron chi connectivity index (χ2n) is 11.8. The standard InChI is InChI=1S/C37H28N5O.Pt/c1-37(2,3)25-20-26(41-24-40-19-18-39-36(40)31-11-5-6-12-32(31)41)22-28(21-25)43-27-15-16-30-29-10-4-7-13-33(29)42(34(30)23-27)35-14-8-9-17-38-35;/h4-21,24H,1-3H3;/q-3;. The summed E-state index contributed by atoms with van der Waals surface area (Å²) in [6.07, 6.45) is 5.60. The minimum atomic E-state index is -0.115. The van der Waals surface area contributed by atoms with Crippen LogP contribution in [0.3, 0.4) is 0 Å². The molecular weight excluding hydrogens is 726 g/mol. The van der Waals surface area contributed by atoms with Gasteiger partial charge in [-0.2, -0.15) is 6.07 Å². The Kier molecular flexibility index (Phi) is 6.82. The molecule has 3 aromatic heterocycles. The number of fused-ring (bicyclic) bond motifs is 6. The van der Waals surface area contributed by atoms with Gasteiger partial charge < -0.3 is 23.8 Å². The van der Waals surface area contributed by atoms with Gasteiger partial charge in [0.15, 0.2) is 0 Å². The molecule has 0 atom stereocenters. The summed E-state index contributed by atoms with van der Waals surface area (Å²) in [4.78, 5) is 11.4. The van der Waals surface area contributed by atoms with E-state index in [2.05, 4.69) is 114 Å². The molecule has 1 aliphatic rings. The van der Waals surface area contributed by atoms with Crippen molar-refractivity contribution in [2.24, 2.45) is 0 Å². The molecule has 6 nitrogen and oxygen atoms in total. The molecule has 0 fully saturated rings. The van der Waals surface area contributed by atoms with Gasteiger partial charge in [-0.25, -0.2) is 4.98 Å². The van der Waals surface area contributed by atoms with Crippen LogP contribution in [0.25, 0.3) is 39.0 Å². The zero-order valence-corrected chi connectivity index (χ0v) is 26.7. The zero-order valence-electron chi connectivity index (χ0n) is 24.4. The second-order valence-corrected chi connectivity index (χ2v) is 11.8. The van der Waals surface area contributed by atoms with Gasteiger partial charge in [0, 0.05) is 55.8 Å². The Labute approximate surface area is 270 Å². The minimum Gasteiger partial charge on any atom is -0.509 e. The van der Waals surface area contributed by atoms with E-state index in [0.717, 1.165) is 55.9 Å². The molecule has 0 unspecified atom stereocenters. The Bertz CT molecular complexity index is 2140. The molecule has 0 saturated heterocycles. The number of ether oxygens (including phenoxy) is 1. The van der Waals surface area contributed by atoms with Crippen molar-refractivity contribution in [1.29, 1.82) is 0 Å². The fraction of sp³-hybridized carbons (Fsp3) is 0.108. The molecule has 0 radical (unpaired) electrons. The number of benzene rings is 4. The Balaban J connectivity index is 0.00000312. The fourth-order valence-electron chi connectivity index (χ4n) is 5.79. The molecule has 0 bridgehead atoms. The molecule has 4 heterocycles. The van der Waals surface area contributed by atoms with Crippen LogP contribution < -0.4 is 9.64 Å². The molecule has 220 valence electrons. The first kappa shape index (κ1) is 28.0. The van der Waals surface area contributed by atoms with E-state index < -0.39 is 0 Å². The topological polar surface area (TPSA) is 48.1 Å². The van der Waals surface area contributed by atoms with E-state index in [-0.39, 0.29) is 26.5 Å². The van der Waals surface area contributed by atoms with Crippen molar-refractivity contribution in [3.05, 3.63) is 134 Å². The molecule has 0 saturated carbocycles. The third-order valence-electron chi connectivity index (χ3n) is 7.92. The van der Waals surface area contributed by atoms with Crippen LogP contribution in [-0.2, 0) is 26.5 Å². The summed E-state index contributed by atoms with van der Waals surface area (Å²) in [7, 11) is 0. The molecule has 4 aromatic carbocycles. The van der Waals surface area contributed by atoms with Crippen molar-refractivity contribution >= 4 is 33.2 Å². The van der Waals surface area contributed by atoms with Gasteiger partial charge in [-0.15, -0.1) is 41.3 Å². The number of pyridine rings is 1. The number of nitrogens with zero attached hydrogens (tertiary/aromatic N) is 5. The smallest absolute Gasteiger partial charge is 0.135 e. The monoisotopic (exact) mass is 753 g/mol. The maximum atomic E-state index is 6.58. The minimum absolute atomic E-state index is 0. The molecule has 0 spiro atoms. The molecule has 44 heavy (non-hydrogen) atoms. The third kappa shape index (κ3) is 4.67. The normalized spacial score (nSPS) is 12.4. The van der Waals surface area contributed by atoms with E-state index in [1.807, 2.05) is 59.6 Å². The van der Waals surface area contributed by atoms with Crippen LogP contribution in [0.2, 0.25) is 0 Å². The Morgan fingerprint density at radius 3 is 2.43 bits per heavy atom. The molecule has 0 aliphatic carbocycles.